The van der Waals surface area contributed by atoms with E-state index in [0.29, 0.717) is 22.8 Å². The SMILES string of the molecule is Cc1cc(C)n2ccc(C(=O)Nc3ccc4c(c3)C(Oc3nnc(C)o3)CC4)c2n1. The van der Waals surface area contributed by atoms with Crippen molar-refractivity contribution in [3.8, 4) is 6.08 Å². The van der Waals surface area contributed by atoms with Gasteiger partial charge in [-0.3, -0.25) is 4.79 Å². The Balaban J connectivity index is 1.40. The normalized spacial score (nSPS) is 15.4. The molecule has 30 heavy (non-hydrogen) atoms. The van der Waals surface area contributed by atoms with Crippen molar-refractivity contribution in [1.82, 2.24) is 19.6 Å². The number of hydrogen-bond acceptors (Lipinski definition) is 6. The van der Waals surface area contributed by atoms with Gasteiger partial charge in [-0.25, -0.2) is 4.98 Å². The van der Waals surface area contributed by atoms with Crippen LogP contribution in [0.4, 0.5) is 5.69 Å². The Morgan fingerprint density at radius 2 is 2.07 bits per heavy atom. The number of ether oxygens (including phenoxy) is 1. The fourth-order valence-electron chi connectivity index (χ4n) is 3.98. The summed E-state index contributed by atoms with van der Waals surface area (Å²) in [5.74, 6) is 0.265. The summed E-state index contributed by atoms with van der Waals surface area (Å²) < 4.78 is 13.1. The standard InChI is InChI=1S/C22H21N5O3/c1-12-10-13(2)27-9-8-17(20(27)23-12)21(28)24-16-6-4-15-5-7-19(18(15)11-16)30-22-26-25-14(3)29-22/h4,6,8-11,19H,5,7H2,1-3H3,(H,24,28). The average Bonchev–Trinajstić information content (AvgIpc) is 3.41. The highest BCUT2D eigenvalue weighted by atomic mass is 16.6. The topological polar surface area (TPSA) is 94.5 Å². The Labute approximate surface area is 172 Å². The minimum absolute atomic E-state index is 0.164. The molecule has 1 amide bonds. The van der Waals surface area contributed by atoms with Gasteiger partial charge in [0.15, 0.2) is 0 Å². The molecule has 1 aliphatic carbocycles. The first-order valence-corrected chi connectivity index (χ1v) is 9.84. The van der Waals surface area contributed by atoms with Crippen LogP contribution in [0.5, 0.6) is 6.08 Å². The van der Waals surface area contributed by atoms with Crippen LogP contribution in [0, 0.1) is 20.8 Å². The fraction of sp³-hybridized carbons (Fsp3) is 0.273. The molecular weight excluding hydrogens is 382 g/mol. The number of carbonyl (C=O) groups excluding carboxylic acids is 1. The molecule has 4 aromatic rings. The molecule has 3 aromatic heterocycles. The highest BCUT2D eigenvalue weighted by Gasteiger charge is 2.26. The highest BCUT2D eigenvalue weighted by Crippen LogP contribution is 2.36. The van der Waals surface area contributed by atoms with E-state index in [2.05, 4.69) is 20.5 Å². The highest BCUT2D eigenvalue weighted by molar-refractivity contribution is 6.08. The monoisotopic (exact) mass is 403 g/mol. The zero-order valence-corrected chi connectivity index (χ0v) is 17.0. The minimum Gasteiger partial charge on any atom is -0.441 e. The van der Waals surface area contributed by atoms with Gasteiger partial charge in [-0.1, -0.05) is 11.2 Å². The number of rotatable bonds is 4. The number of amides is 1. The van der Waals surface area contributed by atoms with Gasteiger partial charge >= 0.3 is 6.08 Å². The van der Waals surface area contributed by atoms with E-state index >= 15 is 0 Å². The van der Waals surface area contributed by atoms with Crippen LogP contribution in [-0.4, -0.2) is 25.5 Å². The van der Waals surface area contributed by atoms with Gasteiger partial charge in [-0.05, 0) is 62.1 Å². The second kappa shape index (κ2) is 6.98. The first-order chi connectivity index (χ1) is 14.5. The first kappa shape index (κ1) is 18.4. The van der Waals surface area contributed by atoms with Crippen molar-refractivity contribution in [3.63, 3.8) is 0 Å². The maximum Gasteiger partial charge on any atom is 0.415 e. The summed E-state index contributed by atoms with van der Waals surface area (Å²) in [6.45, 7) is 5.64. The molecule has 0 fully saturated rings. The van der Waals surface area contributed by atoms with Crippen molar-refractivity contribution >= 4 is 17.2 Å². The maximum absolute atomic E-state index is 13.0. The van der Waals surface area contributed by atoms with E-state index in [9.17, 15) is 4.79 Å². The lowest BCUT2D eigenvalue weighted by atomic mass is 10.1. The number of nitrogens with zero attached hydrogens (tertiary/aromatic N) is 4. The molecule has 0 saturated heterocycles. The molecule has 0 aliphatic heterocycles. The molecule has 3 heterocycles. The molecule has 1 aliphatic rings. The third-order valence-electron chi connectivity index (χ3n) is 5.36. The number of carbonyl (C=O) groups is 1. The Hall–Kier alpha value is -3.68. The number of aryl methyl sites for hydroxylation is 4. The van der Waals surface area contributed by atoms with Crippen LogP contribution in [0.25, 0.3) is 5.65 Å². The quantitative estimate of drug-likeness (QED) is 0.554. The molecule has 0 bridgehead atoms. The lowest BCUT2D eigenvalue weighted by molar-refractivity contribution is 0.102. The van der Waals surface area contributed by atoms with Gasteiger partial charge < -0.3 is 18.9 Å². The van der Waals surface area contributed by atoms with E-state index in [0.717, 1.165) is 29.8 Å². The molecule has 1 unspecified atom stereocenters. The predicted molar refractivity (Wildman–Crippen MR) is 110 cm³/mol. The second-order valence-electron chi connectivity index (χ2n) is 7.56. The fourth-order valence-corrected chi connectivity index (χ4v) is 3.98. The van der Waals surface area contributed by atoms with E-state index in [1.54, 1.807) is 13.0 Å². The van der Waals surface area contributed by atoms with Crippen LogP contribution in [-0.2, 0) is 6.42 Å². The molecule has 152 valence electrons. The van der Waals surface area contributed by atoms with Crippen molar-refractivity contribution in [2.45, 2.75) is 39.7 Å². The second-order valence-corrected chi connectivity index (χ2v) is 7.56. The third kappa shape index (κ3) is 3.20. The van der Waals surface area contributed by atoms with Gasteiger partial charge in [0, 0.05) is 30.2 Å². The van der Waals surface area contributed by atoms with Gasteiger partial charge in [0.1, 0.15) is 11.8 Å². The van der Waals surface area contributed by atoms with Gasteiger partial charge in [0.05, 0.1) is 5.56 Å². The predicted octanol–water partition coefficient (Wildman–Crippen LogP) is 3.96. The first-order valence-electron chi connectivity index (χ1n) is 9.84. The zero-order valence-electron chi connectivity index (χ0n) is 17.0. The molecule has 1 N–H and O–H groups in total. The number of hydrogen-bond donors (Lipinski definition) is 1. The van der Waals surface area contributed by atoms with Gasteiger partial charge in [-0.2, -0.15) is 0 Å². The van der Waals surface area contributed by atoms with Crippen LogP contribution in [0.15, 0.2) is 40.9 Å². The van der Waals surface area contributed by atoms with E-state index < -0.39 is 0 Å². The summed E-state index contributed by atoms with van der Waals surface area (Å²) >= 11 is 0. The number of aromatic nitrogens is 4. The van der Waals surface area contributed by atoms with Crippen molar-refractivity contribution in [2.24, 2.45) is 0 Å². The van der Waals surface area contributed by atoms with Crippen LogP contribution >= 0.6 is 0 Å². The average molecular weight is 403 g/mol. The summed E-state index contributed by atoms with van der Waals surface area (Å²) in [5, 5.41) is 10.7. The number of anilines is 1. The summed E-state index contributed by atoms with van der Waals surface area (Å²) in [6.07, 6.45) is 3.57. The Bertz CT molecular complexity index is 1270. The Morgan fingerprint density at radius 3 is 2.87 bits per heavy atom. The molecule has 8 heteroatoms. The molecular formula is C22H21N5O3. The van der Waals surface area contributed by atoms with Crippen LogP contribution in [0.2, 0.25) is 0 Å². The summed E-state index contributed by atoms with van der Waals surface area (Å²) in [4.78, 5) is 17.5. The summed E-state index contributed by atoms with van der Waals surface area (Å²) in [6, 6.07) is 9.67. The lowest BCUT2D eigenvalue weighted by Crippen LogP contribution is -2.13. The molecule has 1 aromatic carbocycles. The van der Waals surface area contributed by atoms with Crippen molar-refractivity contribution in [1.29, 1.82) is 0 Å². The smallest absolute Gasteiger partial charge is 0.415 e. The largest absolute Gasteiger partial charge is 0.441 e. The minimum atomic E-state index is -0.196. The number of benzene rings is 1. The van der Waals surface area contributed by atoms with Crippen LogP contribution in [0.1, 0.15) is 51.3 Å². The van der Waals surface area contributed by atoms with E-state index in [1.807, 2.05) is 48.7 Å². The molecule has 0 radical (unpaired) electrons. The Morgan fingerprint density at radius 1 is 1.20 bits per heavy atom. The third-order valence-corrected chi connectivity index (χ3v) is 5.36. The van der Waals surface area contributed by atoms with Gasteiger partial charge in [0.2, 0.25) is 5.89 Å². The molecule has 1 atom stereocenters. The molecule has 0 spiro atoms. The Kier molecular flexibility index (Phi) is 4.27. The lowest BCUT2D eigenvalue weighted by Gasteiger charge is -2.13. The van der Waals surface area contributed by atoms with Crippen LogP contribution in [0.3, 0.4) is 0 Å². The maximum atomic E-state index is 13.0. The summed E-state index contributed by atoms with van der Waals surface area (Å²) in [5.41, 5.74) is 6.02. The van der Waals surface area contributed by atoms with E-state index in [1.165, 1.54) is 5.56 Å². The zero-order chi connectivity index (χ0) is 20.8. The van der Waals surface area contributed by atoms with Crippen molar-refractivity contribution in [2.75, 3.05) is 5.32 Å². The summed E-state index contributed by atoms with van der Waals surface area (Å²) in [7, 11) is 0. The number of fused-ring (bicyclic) bond motifs is 2. The van der Waals surface area contributed by atoms with Crippen molar-refractivity contribution in [3.05, 3.63) is 70.5 Å². The van der Waals surface area contributed by atoms with Crippen LogP contribution < -0.4 is 10.1 Å². The molecule has 0 saturated carbocycles. The van der Waals surface area contributed by atoms with Gasteiger partial charge in [-0.15, -0.1) is 5.10 Å². The van der Waals surface area contributed by atoms with E-state index in [-0.39, 0.29) is 18.1 Å². The van der Waals surface area contributed by atoms with Gasteiger partial charge in [0.25, 0.3) is 5.91 Å². The molecule has 8 nitrogen and oxygen atoms in total. The molecule has 5 rings (SSSR count). The van der Waals surface area contributed by atoms with Crippen molar-refractivity contribution < 1.29 is 13.9 Å². The van der Waals surface area contributed by atoms with E-state index in [4.69, 9.17) is 9.15 Å². The number of nitrogens with one attached hydrogen (secondary N) is 1.